The van der Waals surface area contributed by atoms with E-state index in [0.717, 1.165) is 35.5 Å². The fourth-order valence-corrected chi connectivity index (χ4v) is 5.13. The largest absolute Gasteiger partial charge is 0.416 e. The fraction of sp³-hybridized carbons (Fsp3) is 0.320. The maximum atomic E-state index is 12.7. The van der Waals surface area contributed by atoms with E-state index in [1.54, 1.807) is 11.4 Å². The van der Waals surface area contributed by atoms with Crippen molar-refractivity contribution in [3.05, 3.63) is 86.3 Å². The average molecular weight is 522 g/mol. The van der Waals surface area contributed by atoms with Crippen LogP contribution in [0.2, 0.25) is 5.02 Å². The highest BCUT2D eigenvalue weighted by Crippen LogP contribution is 2.31. The molecule has 1 aromatic heterocycles. The number of rotatable bonds is 6. The number of benzene rings is 2. The van der Waals surface area contributed by atoms with Gasteiger partial charge in [0.15, 0.2) is 0 Å². The zero-order chi connectivity index (χ0) is 25.0. The molecule has 0 saturated carbocycles. The summed E-state index contributed by atoms with van der Waals surface area (Å²) in [6.45, 7) is 1.34. The Morgan fingerprint density at radius 3 is 2.43 bits per heavy atom. The van der Waals surface area contributed by atoms with E-state index >= 15 is 0 Å². The van der Waals surface area contributed by atoms with E-state index in [2.05, 4.69) is 10.3 Å². The smallest absolute Gasteiger partial charge is 0.347 e. The van der Waals surface area contributed by atoms with Crippen LogP contribution in [0.25, 0.3) is 0 Å². The molecule has 2 aromatic carbocycles. The highest BCUT2D eigenvalue weighted by atomic mass is 35.5. The molecule has 184 valence electrons. The van der Waals surface area contributed by atoms with Gasteiger partial charge >= 0.3 is 6.18 Å². The summed E-state index contributed by atoms with van der Waals surface area (Å²) in [5.74, 6) is -0.167. The minimum Gasteiger partial charge on any atom is -0.347 e. The van der Waals surface area contributed by atoms with Gasteiger partial charge in [0.1, 0.15) is 5.69 Å². The molecule has 0 unspecified atom stereocenters. The molecule has 1 fully saturated rings. The number of carbonyl (C=O) groups is 2. The second kappa shape index (κ2) is 10.8. The third kappa shape index (κ3) is 6.41. The normalized spacial score (nSPS) is 14.7. The number of piperidine rings is 1. The summed E-state index contributed by atoms with van der Waals surface area (Å²) < 4.78 is 38.0. The number of aromatic nitrogens is 1. The second-order valence-corrected chi connectivity index (χ2v) is 9.67. The summed E-state index contributed by atoms with van der Waals surface area (Å²) in [5.41, 5.74) is 0.936. The summed E-state index contributed by atoms with van der Waals surface area (Å²) in [6, 6.07) is 12.0. The number of hydrogen-bond donors (Lipinski definition) is 1. The van der Waals surface area contributed by atoms with Gasteiger partial charge in [-0.05, 0) is 42.2 Å². The number of carbonyl (C=O) groups excluding carboxylic acids is 2. The highest BCUT2D eigenvalue weighted by Gasteiger charge is 2.30. The van der Waals surface area contributed by atoms with Crippen LogP contribution in [0.3, 0.4) is 0 Å². The summed E-state index contributed by atoms with van der Waals surface area (Å²) in [4.78, 5) is 31.4. The van der Waals surface area contributed by atoms with Crippen molar-refractivity contribution < 1.29 is 22.8 Å². The van der Waals surface area contributed by atoms with E-state index in [1.807, 2.05) is 23.1 Å². The Balaban J connectivity index is 1.27. The van der Waals surface area contributed by atoms with Gasteiger partial charge in [0.05, 0.1) is 17.0 Å². The first kappa shape index (κ1) is 25.2. The Kier molecular flexibility index (Phi) is 7.76. The summed E-state index contributed by atoms with van der Waals surface area (Å²) in [5, 5.41) is 5.82. The first-order valence-corrected chi connectivity index (χ1v) is 12.4. The van der Waals surface area contributed by atoms with E-state index in [-0.39, 0.29) is 36.4 Å². The molecule has 0 atom stereocenters. The molecule has 2 amide bonds. The van der Waals surface area contributed by atoms with Crippen LogP contribution in [0.15, 0.2) is 53.9 Å². The first-order chi connectivity index (χ1) is 16.7. The van der Waals surface area contributed by atoms with Crippen molar-refractivity contribution in [2.24, 2.45) is 0 Å². The Labute approximate surface area is 209 Å². The number of hydrogen-bond acceptors (Lipinski definition) is 4. The van der Waals surface area contributed by atoms with Gasteiger partial charge in [0.25, 0.3) is 5.91 Å². The maximum Gasteiger partial charge on any atom is 0.416 e. The maximum absolute atomic E-state index is 12.7. The lowest BCUT2D eigenvalue weighted by atomic mass is 9.97. The lowest BCUT2D eigenvalue weighted by Gasteiger charge is -2.31. The molecule has 0 spiro atoms. The van der Waals surface area contributed by atoms with E-state index in [9.17, 15) is 22.8 Å². The van der Waals surface area contributed by atoms with Gasteiger partial charge in [0, 0.05) is 36.0 Å². The Hall–Kier alpha value is -2.91. The van der Waals surface area contributed by atoms with Crippen LogP contribution in [0.4, 0.5) is 13.2 Å². The van der Waals surface area contributed by atoms with E-state index < -0.39 is 11.7 Å². The van der Waals surface area contributed by atoms with Gasteiger partial charge in [-0.15, -0.1) is 11.3 Å². The van der Waals surface area contributed by atoms with Crippen LogP contribution in [0.5, 0.6) is 0 Å². The van der Waals surface area contributed by atoms with Crippen molar-refractivity contribution in [1.82, 2.24) is 15.2 Å². The van der Waals surface area contributed by atoms with Gasteiger partial charge < -0.3 is 10.2 Å². The molecule has 0 aliphatic carbocycles. The minimum absolute atomic E-state index is 0.0408. The summed E-state index contributed by atoms with van der Waals surface area (Å²) >= 11 is 7.57. The molecule has 1 saturated heterocycles. The molecule has 35 heavy (non-hydrogen) atoms. The summed E-state index contributed by atoms with van der Waals surface area (Å²) in [6.07, 6.45) is -2.61. The molecule has 5 nitrogen and oxygen atoms in total. The van der Waals surface area contributed by atoms with Crippen molar-refractivity contribution in [2.75, 3.05) is 13.1 Å². The Morgan fingerprint density at radius 2 is 1.77 bits per heavy atom. The predicted octanol–water partition coefficient (Wildman–Crippen LogP) is 5.69. The SMILES string of the molecule is O=C(NCc1ccc(C(F)(F)F)cc1)c1csc(C2CCN(C(=O)Cc3ccccc3Cl)CC2)n1. The van der Waals surface area contributed by atoms with Gasteiger partial charge in [-0.2, -0.15) is 13.2 Å². The number of nitrogens with one attached hydrogen (secondary N) is 1. The number of amides is 2. The molecule has 1 N–H and O–H groups in total. The van der Waals surface area contributed by atoms with Crippen molar-refractivity contribution in [3.8, 4) is 0 Å². The van der Waals surface area contributed by atoms with Gasteiger partial charge in [-0.1, -0.05) is 41.9 Å². The molecule has 0 radical (unpaired) electrons. The van der Waals surface area contributed by atoms with E-state index in [1.165, 1.54) is 23.5 Å². The van der Waals surface area contributed by atoms with Crippen molar-refractivity contribution >= 4 is 34.8 Å². The third-order valence-electron chi connectivity index (χ3n) is 5.99. The lowest BCUT2D eigenvalue weighted by molar-refractivity contribution is -0.137. The Morgan fingerprint density at radius 1 is 1.09 bits per heavy atom. The molecule has 4 rings (SSSR count). The van der Waals surface area contributed by atoms with Crippen molar-refractivity contribution in [3.63, 3.8) is 0 Å². The molecule has 2 heterocycles. The van der Waals surface area contributed by atoms with Crippen LogP contribution in [0, 0.1) is 0 Å². The Bertz CT molecular complexity index is 1190. The number of thiazole rings is 1. The van der Waals surface area contributed by atoms with E-state index in [0.29, 0.717) is 23.7 Å². The topological polar surface area (TPSA) is 62.3 Å². The third-order valence-corrected chi connectivity index (χ3v) is 7.36. The minimum atomic E-state index is -4.39. The standard InChI is InChI=1S/C25H23ClF3N3O2S/c26-20-4-2-1-3-18(20)13-22(33)32-11-9-17(10-12-32)24-31-21(15-35-24)23(34)30-14-16-5-7-19(8-6-16)25(27,28)29/h1-8,15,17H,9-14H2,(H,30,34). The number of halogens is 4. The zero-order valence-electron chi connectivity index (χ0n) is 18.6. The lowest BCUT2D eigenvalue weighted by Crippen LogP contribution is -2.38. The van der Waals surface area contributed by atoms with Crippen LogP contribution in [0.1, 0.15) is 50.9 Å². The van der Waals surface area contributed by atoms with Crippen molar-refractivity contribution in [2.45, 2.75) is 37.9 Å². The fourth-order valence-electron chi connectivity index (χ4n) is 3.96. The molecular formula is C25H23ClF3N3O2S. The van der Waals surface area contributed by atoms with Crippen molar-refractivity contribution in [1.29, 1.82) is 0 Å². The van der Waals surface area contributed by atoms with Gasteiger partial charge in [0.2, 0.25) is 5.91 Å². The van der Waals surface area contributed by atoms with Gasteiger partial charge in [-0.3, -0.25) is 9.59 Å². The average Bonchev–Trinajstić information content (AvgIpc) is 3.34. The zero-order valence-corrected chi connectivity index (χ0v) is 20.2. The second-order valence-electron chi connectivity index (χ2n) is 8.37. The van der Waals surface area contributed by atoms with Crippen LogP contribution >= 0.6 is 22.9 Å². The van der Waals surface area contributed by atoms with Crippen LogP contribution < -0.4 is 5.32 Å². The molecular weight excluding hydrogens is 499 g/mol. The predicted molar refractivity (Wildman–Crippen MR) is 128 cm³/mol. The van der Waals surface area contributed by atoms with Gasteiger partial charge in [-0.25, -0.2) is 4.98 Å². The highest BCUT2D eigenvalue weighted by molar-refractivity contribution is 7.09. The molecule has 0 bridgehead atoms. The number of alkyl halides is 3. The molecule has 10 heteroatoms. The molecule has 3 aromatic rings. The van der Waals surface area contributed by atoms with Crippen LogP contribution in [-0.4, -0.2) is 34.8 Å². The van der Waals surface area contributed by atoms with E-state index in [4.69, 9.17) is 11.6 Å². The molecule has 1 aliphatic rings. The van der Waals surface area contributed by atoms with Crippen LogP contribution in [-0.2, 0) is 23.9 Å². The monoisotopic (exact) mass is 521 g/mol. The first-order valence-electron chi connectivity index (χ1n) is 11.1. The quantitative estimate of drug-likeness (QED) is 0.453. The molecule has 1 aliphatic heterocycles. The number of nitrogens with zero attached hydrogens (tertiary/aromatic N) is 2. The number of likely N-dealkylation sites (tertiary alicyclic amines) is 1. The summed E-state index contributed by atoms with van der Waals surface area (Å²) in [7, 11) is 0.